The lowest BCUT2D eigenvalue weighted by Crippen LogP contribution is -2.28. The van der Waals surface area contributed by atoms with Crippen LogP contribution in [0.3, 0.4) is 0 Å². The highest BCUT2D eigenvalue weighted by atomic mass is 19.4. The number of aliphatic hydroxyl groups excluding tert-OH is 1. The maximum Gasteiger partial charge on any atom is 0.416 e. The van der Waals surface area contributed by atoms with Crippen LogP contribution in [0.2, 0.25) is 0 Å². The van der Waals surface area contributed by atoms with E-state index >= 15 is 0 Å². The standard InChI is InChI=1S/C17H15F3N4O/c1-10-6-11(8-21)23-16(22-10)24-9-12(25)7-15(24)13-4-2-3-5-14(13)17(18,19)20/h2-6,12,15,25H,7,9H2,1H3/t12-,15+/m0/s1. The molecule has 0 radical (unpaired) electrons. The molecule has 2 heterocycles. The van der Waals surface area contributed by atoms with Crippen molar-refractivity contribution in [3.63, 3.8) is 0 Å². The van der Waals surface area contributed by atoms with E-state index in [-0.39, 0.29) is 30.2 Å². The summed E-state index contributed by atoms with van der Waals surface area (Å²) in [6.45, 7) is 1.78. The Labute approximate surface area is 142 Å². The number of halogens is 3. The molecule has 2 aromatic rings. The van der Waals surface area contributed by atoms with Crippen molar-refractivity contribution in [2.24, 2.45) is 0 Å². The van der Waals surface area contributed by atoms with Crippen molar-refractivity contribution in [2.45, 2.75) is 31.7 Å². The van der Waals surface area contributed by atoms with Crippen molar-refractivity contribution in [1.82, 2.24) is 9.97 Å². The fraction of sp³-hybridized carbons (Fsp3) is 0.353. The van der Waals surface area contributed by atoms with Gasteiger partial charge in [-0.3, -0.25) is 0 Å². The summed E-state index contributed by atoms with van der Waals surface area (Å²) in [6, 6.07) is 7.98. The first-order chi connectivity index (χ1) is 11.8. The van der Waals surface area contributed by atoms with Gasteiger partial charge in [-0.2, -0.15) is 18.4 Å². The summed E-state index contributed by atoms with van der Waals surface area (Å²) in [6.07, 6.45) is -5.17. The summed E-state index contributed by atoms with van der Waals surface area (Å²) in [5.74, 6) is 0.148. The Bertz CT molecular complexity index is 831. The minimum atomic E-state index is -4.50. The van der Waals surface area contributed by atoms with Gasteiger partial charge in [-0.05, 0) is 31.0 Å². The van der Waals surface area contributed by atoms with Crippen molar-refractivity contribution < 1.29 is 18.3 Å². The summed E-state index contributed by atoms with van der Waals surface area (Å²) in [5.41, 5.74) is -0.0139. The lowest BCUT2D eigenvalue weighted by Gasteiger charge is -2.27. The third kappa shape index (κ3) is 3.42. The molecule has 0 bridgehead atoms. The number of aryl methyl sites for hydroxylation is 1. The first-order valence-corrected chi connectivity index (χ1v) is 7.66. The molecule has 1 N–H and O–H groups in total. The first kappa shape index (κ1) is 17.2. The molecular formula is C17H15F3N4O. The van der Waals surface area contributed by atoms with E-state index in [1.807, 2.05) is 6.07 Å². The molecule has 0 aliphatic carbocycles. The number of aromatic nitrogens is 2. The normalized spacial score (nSPS) is 20.6. The van der Waals surface area contributed by atoms with Gasteiger partial charge in [0.2, 0.25) is 5.95 Å². The minimum absolute atomic E-state index is 0.0650. The molecule has 0 amide bonds. The van der Waals surface area contributed by atoms with E-state index in [4.69, 9.17) is 5.26 Å². The van der Waals surface area contributed by atoms with Crippen LogP contribution in [0.15, 0.2) is 30.3 Å². The summed E-state index contributed by atoms with van der Waals surface area (Å²) in [5, 5.41) is 19.1. The van der Waals surface area contributed by atoms with E-state index in [1.165, 1.54) is 29.2 Å². The van der Waals surface area contributed by atoms with Gasteiger partial charge in [-0.15, -0.1) is 0 Å². The van der Waals surface area contributed by atoms with Crippen LogP contribution in [0.5, 0.6) is 0 Å². The Morgan fingerprint density at radius 2 is 2.00 bits per heavy atom. The molecule has 3 rings (SSSR count). The fourth-order valence-electron chi connectivity index (χ4n) is 3.11. The number of rotatable bonds is 2. The smallest absolute Gasteiger partial charge is 0.391 e. The van der Waals surface area contributed by atoms with Gasteiger partial charge in [0.05, 0.1) is 17.7 Å². The molecule has 0 saturated carbocycles. The third-order valence-corrected chi connectivity index (χ3v) is 4.12. The molecule has 1 aliphatic heterocycles. The summed E-state index contributed by atoms with van der Waals surface area (Å²) in [7, 11) is 0. The highest BCUT2D eigenvalue weighted by molar-refractivity contribution is 5.45. The van der Waals surface area contributed by atoms with E-state index in [9.17, 15) is 18.3 Å². The molecule has 1 fully saturated rings. The van der Waals surface area contributed by atoms with Gasteiger partial charge in [0.1, 0.15) is 11.8 Å². The van der Waals surface area contributed by atoms with Crippen molar-refractivity contribution >= 4 is 5.95 Å². The molecule has 130 valence electrons. The summed E-state index contributed by atoms with van der Waals surface area (Å²) >= 11 is 0. The largest absolute Gasteiger partial charge is 0.416 e. The summed E-state index contributed by atoms with van der Waals surface area (Å²) < 4.78 is 40.1. The molecule has 1 saturated heterocycles. The number of aliphatic hydroxyl groups is 1. The number of nitrogens with zero attached hydrogens (tertiary/aromatic N) is 4. The Balaban J connectivity index is 2.08. The zero-order chi connectivity index (χ0) is 18.2. The highest BCUT2D eigenvalue weighted by Crippen LogP contribution is 2.41. The molecule has 1 aromatic heterocycles. The lowest BCUT2D eigenvalue weighted by molar-refractivity contribution is -0.138. The summed E-state index contributed by atoms with van der Waals surface area (Å²) in [4.78, 5) is 9.87. The van der Waals surface area contributed by atoms with Crippen LogP contribution in [0.25, 0.3) is 0 Å². The zero-order valence-electron chi connectivity index (χ0n) is 13.3. The van der Waals surface area contributed by atoms with Gasteiger partial charge < -0.3 is 10.0 Å². The van der Waals surface area contributed by atoms with Crippen LogP contribution in [0.1, 0.15) is 35.0 Å². The van der Waals surface area contributed by atoms with Gasteiger partial charge >= 0.3 is 6.18 Å². The van der Waals surface area contributed by atoms with Crippen LogP contribution in [-0.2, 0) is 6.18 Å². The second kappa shape index (κ2) is 6.33. The van der Waals surface area contributed by atoms with E-state index in [2.05, 4.69) is 9.97 Å². The average molecular weight is 348 g/mol. The lowest BCUT2D eigenvalue weighted by atomic mass is 9.97. The van der Waals surface area contributed by atoms with Crippen molar-refractivity contribution in [1.29, 1.82) is 5.26 Å². The Morgan fingerprint density at radius 3 is 2.68 bits per heavy atom. The zero-order valence-corrected chi connectivity index (χ0v) is 13.3. The maximum absolute atomic E-state index is 13.4. The Hall–Kier alpha value is -2.66. The number of β-amino-alcohol motifs (C(OH)–C–C–N with tert-alkyl or cyclic N) is 1. The van der Waals surface area contributed by atoms with Crippen LogP contribution in [-0.4, -0.2) is 27.7 Å². The minimum Gasteiger partial charge on any atom is -0.391 e. The first-order valence-electron chi connectivity index (χ1n) is 7.66. The topological polar surface area (TPSA) is 73.0 Å². The van der Waals surface area contributed by atoms with Crippen LogP contribution >= 0.6 is 0 Å². The molecule has 2 atom stereocenters. The molecule has 8 heteroatoms. The third-order valence-electron chi connectivity index (χ3n) is 4.12. The van der Waals surface area contributed by atoms with Crippen LogP contribution < -0.4 is 4.90 Å². The van der Waals surface area contributed by atoms with Crippen LogP contribution in [0, 0.1) is 18.3 Å². The van der Waals surface area contributed by atoms with E-state index in [0.717, 1.165) is 6.07 Å². The highest BCUT2D eigenvalue weighted by Gasteiger charge is 2.40. The molecule has 1 aromatic carbocycles. The van der Waals surface area contributed by atoms with Gasteiger partial charge in [0.25, 0.3) is 0 Å². The van der Waals surface area contributed by atoms with Gasteiger partial charge in [-0.1, -0.05) is 18.2 Å². The van der Waals surface area contributed by atoms with Crippen LogP contribution in [0.4, 0.5) is 19.1 Å². The monoisotopic (exact) mass is 348 g/mol. The van der Waals surface area contributed by atoms with E-state index in [1.54, 1.807) is 6.92 Å². The van der Waals surface area contributed by atoms with Crippen molar-refractivity contribution in [2.75, 3.05) is 11.4 Å². The molecule has 0 spiro atoms. The second-order valence-electron chi connectivity index (χ2n) is 5.95. The van der Waals surface area contributed by atoms with Gasteiger partial charge in [0, 0.05) is 12.2 Å². The Kier molecular flexibility index (Phi) is 4.35. The number of nitriles is 1. The predicted molar refractivity (Wildman–Crippen MR) is 83.6 cm³/mol. The SMILES string of the molecule is Cc1cc(C#N)nc(N2C[C@@H](O)C[C@@H]2c2ccccc2C(F)(F)F)n1. The molecular weight excluding hydrogens is 333 g/mol. The number of hydrogen-bond acceptors (Lipinski definition) is 5. The van der Waals surface area contributed by atoms with Crippen molar-refractivity contribution in [3.05, 3.63) is 52.8 Å². The molecule has 5 nitrogen and oxygen atoms in total. The van der Waals surface area contributed by atoms with E-state index < -0.39 is 23.9 Å². The Morgan fingerprint density at radius 1 is 1.28 bits per heavy atom. The number of alkyl halides is 3. The van der Waals surface area contributed by atoms with E-state index in [0.29, 0.717) is 5.69 Å². The maximum atomic E-state index is 13.4. The van der Waals surface area contributed by atoms with Gasteiger partial charge in [0.15, 0.2) is 0 Å². The molecule has 1 aliphatic rings. The second-order valence-corrected chi connectivity index (χ2v) is 5.95. The number of benzene rings is 1. The van der Waals surface area contributed by atoms with Crippen molar-refractivity contribution in [3.8, 4) is 6.07 Å². The predicted octanol–water partition coefficient (Wildman–Crippen LogP) is 2.99. The quantitative estimate of drug-likeness (QED) is 0.903. The molecule has 25 heavy (non-hydrogen) atoms. The fourth-order valence-corrected chi connectivity index (χ4v) is 3.11. The number of hydrogen-bond donors (Lipinski definition) is 1. The number of anilines is 1. The van der Waals surface area contributed by atoms with Gasteiger partial charge in [-0.25, -0.2) is 9.97 Å². The average Bonchev–Trinajstić information content (AvgIpc) is 2.95. The molecule has 0 unspecified atom stereocenters.